The standard InChI is InChI=1S/C34H30B.C4H12N/c1-2-3-22-35(32-19-16-26-10-4-7-13-29(26)23-32,33-20-17-27-11-5-8-14-30(27)24-33)34-21-18-28-12-6-9-15-31(28)25-34;1-5(2,3)4/h4-21,23-25H,2-3,22H2,1H3;1-4H3/q-1;+1. The van der Waals surface area contributed by atoms with Gasteiger partial charge in [-0.05, 0) is 32.3 Å². The molecule has 0 saturated heterocycles. The number of hydrogen-bond acceptors (Lipinski definition) is 0. The Bertz CT molecular complexity index is 1550. The van der Waals surface area contributed by atoms with E-state index < -0.39 is 6.15 Å². The van der Waals surface area contributed by atoms with Gasteiger partial charge >= 0.3 is 0 Å². The predicted octanol–water partition coefficient (Wildman–Crippen LogP) is 7.74. The minimum Gasteiger partial charge on any atom is -0.333 e. The van der Waals surface area contributed by atoms with Gasteiger partial charge in [0.25, 0.3) is 0 Å². The average Bonchev–Trinajstić information content (AvgIpc) is 2.96. The highest BCUT2D eigenvalue weighted by molar-refractivity contribution is 7.11. The highest BCUT2D eigenvalue weighted by atomic mass is 15.2. The second-order valence-corrected chi connectivity index (χ2v) is 12.7. The second kappa shape index (κ2) is 11.7. The molecule has 0 fully saturated rings. The van der Waals surface area contributed by atoms with Crippen molar-refractivity contribution in [3.05, 3.63) is 127 Å². The summed E-state index contributed by atoms with van der Waals surface area (Å²) >= 11 is 0. The Labute approximate surface area is 240 Å². The van der Waals surface area contributed by atoms with Gasteiger partial charge < -0.3 is 4.48 Å². The van der Waals surface area contributed by atoms with E-state index in [4.69, 9.17) is 0 Å². The number of nitrogens with zero attached hydrogens (tertiary/aromatic N) is 1. The fourth-order valence-electron chi connectivity index (χ4n) is 6.13. The summed E-state index contributed by atoms with van der Waals surface area (Å²) < 4.78 is 1.00. The molecular formula is C38H42BN. The molecule has 0 aromatic heterocycles. The highest BCUT2D eigenvalue weighted by Crippen LogP contribution is 2.23. The van der Waals surface area contributed by atoms with Crippen LogP contribution >= 0.6 is 0 Å². The molecule has 0 aliphatic rings. The van der Waals surface area contributed by atoms with E-state index in [0.717, 1.165) is 10.8 Å². The van der Waals surface area contributed by atoms with E-state index >= 15 is 0 Å². The van der Waals surface area contributed by atoms with Crippen LogP contribution in [0.5, 0.6) is 0 Å². The predicted molar refractivity (Wildman–Crippen MR) is 180 cm³/mol. The van der Waals surface area contributed by atoms with Crippen LogP contribution in [0, 0.1) is 0 Å². The van der Waals surface area contributed by atoms with E-state index in [1.54, 1.807) is 0 Å². The number of hydrogen-bond donors (Lipinski definition) is 0. The van der Waals surface area contributed by atoms with Gasteiger partial charge in [0.2, 0.25) is 0 Å². The second-order valence-electron chi connectivity index (χ2n) is 12.7. The van der Waals surface area contributed by atoms with Crippen molar-refractivity contribution in [2.75, 3.05) is 28.2 Å². The summed E-state index contributed by atoms with van der Waals surface area (Å²) in [6.07, 6.45) is 2.34. The minimum absolute atomic E-state index is 1.00. The molecule has 0 unspecified atom stereocenters. The van der Waals surface area contributed by atoms with Gasteiger partial charge in [0.1, 0.15) is 0 Å². The Hall–Kier alpha value is -3.88. The average molecular weight is 524 g/mol. The maximum atomic E-state index is 2.45. The Balaban J connectivity index is 0.000000595. The first-order valence-corrected chi connectivity index (χ1v) is 14.7. The normalized spacial score (nSPS) is 11.9. The smallest absolute Gasteiger partial charge is 0.0815 e. The number of fused-ring (bicyclic) bond motifs is 3. The molecule has 40 heavy (non-hydrogen) atoms. The Morgan fingerprint density at radius 1 is 0.450 bits per heavy atom. The fourth-order valence-corrected chi connectivity index (χ4v) is 6.13. The number of rotatable bonds is 6. The van der Waals surface area contributed by atoms with Crippen molar-refractivity contribution in [2.24, 2.45) is 0 Å². The first-order chi connectivity index (χ1) is 19.3. The van der Waals surface area contributed by atoms with Crippen LogP contribution in [0.25, 0.3) is 32.3 Å². The zero-order valence-electron chi connectivity index (χ0n) is 24.8. The third-order valence-corrected chi connectivity index (χ3v) is 8.02. The Morgan fingerprint density at radius 2 is 0.750 bits per heavy atom. The lowest BCUT2D eigenvalue weighted by Gasteiger charge is -2.44. The van der Waals surface area contributed by atoms with Crippen molar-refractivity contribution in [3.63, 3.8) is 0 Å². The maximum Gasteiger partial charge on any atom is 0.0815 e. The largest absolute Gasteiger partial charge is 0.333 e. The van der Waals surface area contributed by atoms with Gasteiger partial charge in [-0.1, -0.05) is 147 Å². The van der Waals surface area contributed by atoms with Gasteiger partial charge in [-0.25, -0.2) is 0 Å². The van der Waals surface area contributed by atoms with Crippen LogP contribution in [-0.2, 0) is 0 Å². The molecule has 202 valence electrons. The molecule has 0 aliphatic carbocycles. The molecule has 6 aromatic carbocycles. The zero-order valence-corrected chi connectivity index (χ0v) is 24.8. The van der Waals surface area contributed by atoms with E-state index in [0.29, 0.717) is 0 Å². The monoisotopic (exact) mass is 523 g/mol. The first-order valence-electron chi connectivity index (χ1n) is 14.7. The van der Waals surface area contributed by atoms with Gasteiger partial charge in [0, 0.05) is 0 Å². The van der Waals surface area contributed by atoms with Crippen LogP contribution in [0.15, 0.2) is 127 Å². The molecule has 0 amide bonds. The topological polar surface area (TPSA) is 0 Å². The van der Waals surface area contributed by atoms with Crippen LogP contribution < -0.4 is 16.4 Å². The summed E-state index contributed by atoms with van der Waals surface area (Å²) in [5.41, 5.74) is 4.30. The molecule has 2 heteroatoms. The van der Waals surface area contributed by atoms with Crippen molar-refractivity contribution >= 4 is 54.9 Å². The summed E-state index contributed by atoms with van der Waals surface area (Å²) in [6.45, 7) is 2.31. The van der Waals surface area contributed by atoms with Crippen molar-refractivity contribution in [2.45, 2.75) is 26.1 Å². The van der Waals surface area contributed by atoms with Crippen LogP contribution in [0.4, 0.5) is 0 Å². The molecule has 0 spiro atoms. The van der Waals surface area contributed by atoms with E-state index in [1.165, 1.54) is 61.5 Å². The molecule has 0 atom stereocenters. The number of quaternary nitrogens is 1. The van der Waals surface area contributed by atoms with Crippen LogP contribution in [0.2, 0.25) is 6.32 Å². The number of benzene rings is 6. The molecule has 0 aliphatic heterocycles. The van der Waals surface area contributed by atoms with E-state index in [1.807, 2.05) is 0 Å². The quantitative estimate of drug-likeness (QED) is 0.155. The SMILES string of the molecule is CCCC[B-](c1ccc2ccccc2c1)(c1ccc2ccccc2c1)c1ccc2ccccc2c1.C[N+](C)(C)C. The molecule has 6 rings (SSSR count). The highest BCUT2D eigenvalue weighted by Gasteiger charge is 2.30. The van der Waals surface area contributed by atoms with Crippen LogP contribution in [0.3, 0.4) is 0 Å². The lowest BCUT2D eigenvalue weighted by Crippen LogP contribution is -2.67. The first kappa shape index (κ1) is 27.7. The van der Waals surface area contributed by atoms with Crippen LogP contribution in [-0.4, -0.2) is 38.8 Å². The van der Waals surface area contributed by atoms with Crippen molar-refractivity contribution < 1.29 is 4.48 Å². The van der Waals surface area contributed by atoms with Gasteiger partial charge in [-0.15, -0.1) is 0 Å². The van der Waals surface area contributed by atoms with Crippen molar-refractivity contribution in [1.29, 1.82) is 0 Å². The molecular weight excluding hydrogens is 481 g/mol. The molecule has 1 nitrogen and oxygen atoms in total. The summed E-state index contributed by atoms with van der Waals surface area (Å²) in [5.74, 6) is 0. The van der Waals surface area contributed by atoms with Gasteiger partial charge in [-0.3, -0.25) is 0 Å². The van der Waals surface area contributed by atoms with Crippen molar-refractivity contribution in [3.8, 4) is 0 Å². The molecule has 0 N–H and O–H groups in total. The van der Waals surface area contributed by atoms with E-state index in [-0.39, 0.29) is 0 Å². The third kappa shape index (κ3) is 5.98. The molecule has 0 saturated carbocycles. The van der Waals surface area contributed by atoms with E-state index in [9.17, 15) is 0 Å². The van der Waals surface area contributed by atoms with Crippen LogP contribution in [0.1, 0.15) is 19.8 Å². The van der Waals surface area contributed by atoms with Gasteiger partial charge in [0.15, 0.2) is 0 Å². The fraction of sp³-hybridized carbons (Fsp3) is 0.211. The van der Waals surface area contributed by atoms with Crippen molar-refractivity contribution in [1.82, 2.24) is 0 Å². The Morgan fingerprint density at radius 3 is 1.05 bits per heavy atom. The minimum atomic E-state index is -1.16. The molecule has 0 radical (unpaired) electrons. The molecule has 6 aromatic rings. The lowest BCUT2D eigenvalue weighted by molar-refractivity contribution is -0.849. The molecule has 0 heterocycles. The van der Waals surface area contributed by atoms with Gasteiger partial charge in [-0.2, -0.15) is 22.7 Å². The summed E-state index contributed by atoms with van der Waals surface area (Å²) in [6, 6.07) is 47.7. The summed E-state index contributed by atoms with van der Waals surface area (Å²) in [5, 5.41) is 7.84. The third-order valence-electron chi connectivity index (χ3n) is 8.02. The molecule has 0 bridgehead atoms. The summed E-state index contributed by atoms with van der Waals surface area (Å²) in [4.78, 5) is 0. The Kier molecular flexibility index (Phi) is 8.10. The zero-order chi connectivity index (χ0) is 28.2. The number of unbranched alkanes of at least 4 members (excludes halogenated alkanes) is 1. The maximum absolute atomic E-state index is 2.45. The van der Waals surface area contributed by atoms with E-state index in [2.05, 4.69) is 163 Å². The summed E-state index contributed by atoms with van der Waals surface area (Å²) in [7, 11) is 8.50. The van der Waals surface area contributed by atoms with Gasteiger partial charge in [0.05, 0.1) is 34.3 Å². The lowest BCUT2D eigenvalue weighted by atomic mass is 9.14.